The second-order valence-electron chi connectivity index (χ2n) is 6.68. The van der Waals surface area contributed by atoms with Gasteiger partial charge in [-0.25, -0.2) is 0 Å². The van der Waals surface area contributed by atoms with E-state index in [-0.39, 0.29) is 12.8 Å². The largest absolute Gasteiger partial charge is 0.481 e. The van der Waals surface area contributed by atoms with E-state index < -0.39 is 58.4 Å². The van der Waals surface area contributed by atoms with Crippen LogP contribution >= 0.6 is 0 Å². The third-order valence-corrected chi connectivity index (χ3v) is 6.01. The highest BCUT2D eigenvalue weighted by Crippen LogP contribution is 2.71. The van der Waals surface area contributed by atoms with Gasteiger partial charge in [-0.2, -0.15) is 0 Å². The highest BCUT2D eigenvalue weighted by atomic mass is 16.4. The van der Waals surface area contributed by atoms with Crippen LogP contribution in [0.3, 0.4) is 0 Å². The molecule has 22 heavy (non-hydrogen) atoms. The Morgan fingerprint density at radius 1 is 0.864 bits per heavy atom. The molecule has 0 aliphatic heterocycles. The molecule has 0 saturated heterocycles. The Kier molecular flexibility index (Phi) is 3.46. The summed E-state index contributed by atoms with van der Waals surface area (Å²) in [4.78, 5) is 45.8. The molecule has 0 aromatic carbocycles. The van der Waals surface area contributed by atoms with Crippen molar-refractivity contribution in [1.29, 1.82) is 0 Å². The van der Waals surface area contributed by atoms with Gasteiger partial charge in [0, 0.05) is 0 Å². The van der Waals surface area contributed by atoms with E-state index in [0.717, 1.165) is 0 Å². The van der Waals surface area contributed by atoms with Crippen LogP contribution < -0.4 is 0 Å². The SMILES string of the molecule is CC12CC(C(=O)O)C(C(=O)O)CC1C(C(=O)O)C2(C)C(=O)O. The average molecular weight is 314 g/mol. The van der Waals surface area contributed by atoms with Gasteiger partial charge in [-0.05, 0) is 31.1 Å². The topological polar surface area (TPSA) is 149 Å². The third-order valence-electron chi connectivity index (χ3n) is 6.01. The summed E-state index contributed by atoms with van der Waals surface area (Å²) in [5.41, 5.74) is -2.67. The fourth-order valence-corrected chi connectivity index (χ4v) is 4.54. The molecule has 2 aliphatic rings. The van der Waals surface area contributed by atoms with E-state index in [1.807, 2.05) is 0 Å². The molecule has 0 heterocycles. The molecule has 0 aromatic heterocycles. The zero-order valence-corrected chi connectivity index (χ0v) is 12.1. The molecule has 8 heteroatoms. The number of hydrogen-bond donors (Lipinski definition) is 4. The fourth-order valence-electron chi connectivity index (χ4n) is 4.54. The van der Waals surface area contributed by atoms with Gasteiger partial charge in [0.2, 0.25) is 0 Å². The van der Waals surface area contributed by atoms with E-state index in [1.165, 1.54) is 6.92 Å². The normalized spacial score (nSPS) is 43.5. The quantitative estimate of drug-likeness (QED) is 0.589. The molecule has 0 spiro atoms. The van der Waals surface area contributed by atoms with Crippen LogP contribution in [0.1, 0.15) is 26.7 Å². The Hall–Kier alpha value is -2.12. The minimum absolute atomic E-state index is 0.136. The first kappa shape index (κ1) is 16.3. The smallest absolute Gasteiger partial charge is 0.310 e. The van der Waals surface area contributed by atoms with Crippen molar-refractivity contribution in [2.24, 2.45) is 34.5 Å². The average Bonchev–Trinajstić information content (AvgIpc) is 2.38. The predicted octanol–water partition coefficient (Wildman–Crippen LogP) is 0.610. The Morgan fingerprint density at radius 3 is 1.73 bits per heavy atom. The van der Waals surface area contributed by atoms with E-state index in [4.69, 9.17) is 0 Å². The van der Waals surface area contributed by atoms with Crippen LogP contribution in [0.4, 0.5) is 0 Å². The summed E-state index contributed by atoms with van der Waals surface area (Å²) in [7, 11) is 0. The number of carboxylic acids is 4. The van der Waals surface area contributed by atoms with Crippen LogP contribution in [-0.4, -0.2) is 44.3 Å². The maximum absolute atomic E-state index is 11.6. The molecular weight excluding hydrogens is 296 g/mol. The lowest BCUT2D eigenvalue weighted by Gasteiger charge is -2.66. The van der Waals surface area contributed by atoms with Crippen LogP contribution in [0.2, 0.25) is 0 Å². The molecule has 0 bridgehead atoms. The fraction of sp³-hybridized carbons (Fsp3) is 0.714. The summed E-state index contributed by atoms with van der Waals surface area (Å²) in [6.45, 7) is 2.86. The van der Waals surface area contributed by atoms with Gasteiger partial charge in [0.15, 0.2) is 0 Å². The van der Waals surface area contributed by atoms with Crippen molar-refractivity contribution in [3.05, 3.63) is 0 Å². The first-order valence-corrected chi connectivity index (χ1v) is 6.90. The maximum atomic E-state index is 11.6. The molecule has 2 saturated carbocycles. The monoisotopic (exact) mass is 314 g/mol. The molecule has 6 unspecified atom stereocenters. The zero-order chi connectivity index (χ0) is 17.0. The number of carbonyl (C=O) groups is 4. The lowest BCUT2D eigenvalue weighted by Crippen LogP contribution is -2.71. The minimum Gasteiger partial charge on any atom is -0.481 e. The maximum Gasteiger partial charge on any atom is 0.310 e. The molecular formula is C14H18O8. The molecule has 2 aliphatic carbocycles. The highest BCUT2D eigenvalue weighted by molar-refractivity contribution is 5.88. The van der Waals surface area contributed by atoms with E-state index in [0.29, 0.717) is 0 Å². The number of carboxylic acid groups (broad SMARTS) is 4. The van der Waals surface area contributed by atoms with E-state index >= 15 is 0 Å². The third kappa shape index (κ3) is 1.75. The first-order chi connectivity index (χ1) is 9.98. The van der Waals surface area contributed by atoms with Crippen molar-refractivity contribution in [2.75, 3.05) is 0 Å². The molecule has 6 atom stereocenters. The number of fused-ring (bicyclic) bond motifs is 1. The molecule has 0 amide bonds. The van der Waals surface area contributed by atoms with Crippen molar-refractivity contribution in [2.45, 2.75) is 26.7 Å². The van der Waals surface area contributed by atoms with E-state index in [1.54, 1.807) is 6.92 Å². The summed E-state index contributed by atoms with van der Waals surface area (Å²) in [6, 6.07) is 0. The van der Waals surface area contributed by atoms with E-state index in [9.17, 15) is 39.6 Å². The molecule has 8 nitrogen and oxygen atoms in total. The standard InChI is InChI=1S/C14H18O8/c1-13-4-6(10(17)18)5(9(15)16)3-7(13)8(11(19)20)14(13,2)12(21)22/h5-8H,3-4H2,1-2H3,(H,15,16)(H,17,18)(H,19,20)(H,21,22). The van der Waals surface area contributed by atoms with Crippen molar-refractivity contribution in [3.8, 4) is 0 Å². The van der Waals surface area contributed by atoms with Crippen LogP contribution in [0, 0.1) is 34.5 Å². The van der Waals surface area contributed by atoms with Gasteiger partial charge >= 0.3 is 23.9 Å². The van der Waals surface area contributed by atoms with Crippen molar-refractivity contribution >= 4 is 23.9 Å². The molecule has 4 N–H and O–H groups in total. The van der Waals surface area contributed by atoms with Crippen LogP contribution in [0.15, 0.2) is 0 Å². The van der Waals surface area contributed by atoms with Gasteiger partial charge in [-0.15, -0.1) is 0 Å². The second kappa shape index (κ2) is 4.69. The summed E-state index contributed by atoms with van der Waals surface area (Å²) < 4.78 is 0. The van der Waals surface area contributed by atoms with Gasteiger partial charge in [0.25, 0.3) is 0 Å². The van der Waals surface area contributed by atoms with Gasteiger partial charge in [-0.1, -0.05) is 6.92 Å². The lowest BCUT2D eigenvalue weighted by molar-refractivity contribution is -0.243. The van der Waals surface area contributed by atoms with Gasteiger partial charge in [-0.3, -0.25) is 19.2 Å². The minimum atomic E-state index is -1.61. The Labute approximate surface area is 125 Å². The van der Waals surface area contributed by atoms with Gasteiger partial charge in [0.05, 0.1) is 23.2 Å². The van der Waals surface area contributed by atoms with Crippen molar-refractivity contribution in [3.63, 3.8) is 0 Å². The van der Waals surface area contributed by atoms with E-state index in [2.05, 4.69) is 0 Å². The molecule has 2 rings (SSSR count). The van der Waals surface area contributed by atoms with Crippen molar-refractivity contribution in [1.82, 2.24) is 0 Å². The molecule has 0 radical (unpaired) electrons. The summed E-state index contributed by atoms with van der Waals surface area (Å²) >= 11 is 0. The van der Waals surface area contributed by atoms with Crippen LogP contribution in [0.5, 0.6) is 0 Å². The van der Waals surface area contributed by atoms with Crippen LogP contribution in [0.25, 0.3) is 0 Å². The second-order valence-corrected chi connectivity index (χ2v) is 6.68. The first-order valence-electron chi connectivity index (χ1n) is 6.90. The molecule has 2 fully saturated rings. The van der Waals surface area contributed by atoms with Crippen LogP contribution in [-0.2, 0) is 19.2 Å². The Bertz CT molecular complexity index is 569. The Morgan fingerprint density at radius 2 is 1.36 bits per heavy atom. The highest BCUT2D eigenvalue weighted by Gasteiger charge is 2.75. The number of rotatable bonds is 4. The summed E-state index contributed by atoms with van der Waals surface area (Å²) in [5, 5.41) is 37.3. The molecule has 122 valence electrons. The summed E-state index contributed by atoms with van der Waals surface area (Å²) in [6.07, 6.45) is -0.292. The number of aliphatic carboxylic acids is 4. The zero-order valence-electron chi connectivity index (χ0n) is 12.1. The van der Waals surface area contributed by atoms with Gasteiger partial charge < -0.3 is 20.4 Å². The predicted molar refractivity (Wildman–Crippen MR) is 70.0 cm³/mol. The lowest BCUT2D eigenvalue weighted by atomic mass is 9.34. The van der Waals surface area contributed by atoms with Crippen molar-refractivity contribution < 1.29 is 39.6 Å². The molecule has 0 aromatic rings. The number of hydrogen-bond acceptors (Lipinski definition) is 4. The Balaban J connectivity index is 2.48. The van der Waals surface area contributed by atoms with Gasteiger partial charge in [0.1, 0.15) is 0 Å². The summed E-state index contributed by atoms with van der Waals surface area (Å²) in [5.74, 6) is -9.46.